The van der Waals surface area contributed by atoms with Gasteiger partial charge in [-0.05, 0) is 74.3 Å². The zero-order chi connectivity index (χ0) is 25.0. The van der Waals surface area contributed by atoms with E-state index in [1.165, 1.54) is 18.2 Å². The van der Waals surface area contributed by atoms with E-state index in [1.54, 1.807) is 13.0 Å². The summed E-state index contributed by atoms with van der Waals surface area (Å²) in [5.41, 5.74) is -3.08. The molecule has 184 valence electrons. The van der Waals surface area contributed by atoms with Crippen molar-refractivity contribution >= 4 is 22.4 Å². The maximum atomic E-state index is 14.4. The second-order valence-corrected chi connectivity index (χ2v) is 9.75. The number of carbonyl (C=O) groups is 1. The van der Waals surface area contributed by atoms with Crippen LogP contribution in [-0.2, 0) is 16.6 Å². The van der Waals surface area contributed by atoms with E-state index < -0.39 is 35.1 Å². The lowest BCUT2D eigenvalue weighted by atomic mass is 9.61. The average Bonchev–Trinajstić information content (AvgIpc) is 3.67. The number of benzene rings is 2. The van der Waals surface area contributed by atoms with E-state index in [-0.39, 0.29) is 17.0 Å². The summed E-state index contributed by atoms with van der Waals surface area (Å²) < 4.78 is 48.0. The van der Waals surface area contributed by atoms with Crippen LogP contribution in [0.15, 0.2) is 51.8 Å². The average molecular weight is 486 g/mol. The monoisotopic (exact) mass is 486 g/mol. The van der Waals surface area contributed by atoms with E-state index >= 15 is 0 Å². The van der Waals surface area contributed by atoms with Crippen molar-refractivity contribution in [1.29, 1.82) is 0 Å². The Morgan fingerprint density at radius 1 is 1.20 bits per heavy atom. The molecule has 0 saturated heterocycles. The second-order valence-electron chi connectivity index (χ2n) is 9.75. The van der Waals surface area contributed by atoms with Crippen molar-refractivity contribution in [3.63, 3.8) is 0 Å². The summed E-state index contributed by atoms with van der Waals surface area (Å²) in [6, 6.07) is 11.4. The molecule has 2 N–H and O–H groups in total. The quantitative estimate of drug-likeness (QED) is 0.540. The highest BCUT2D eigenvalue weighted by Gasteiger charge is 2.65. The fraction of sp³-hybridized carbons (Fsp3) is 0.423. The van der Waals surface area contributed by atoms with Gasteiger partial charge < -0.3 is 14.9 Å². The number of alkyl halides is 3. The molecule has 35 heavy (non-hydrogen) atoms. The number of nitrogens with zero attached hydrogens (tertiary/aromatic N) is 1. The zero-order valence-corrected chi connectivity index (χ0v) is 19.1. The summed E-state index contributed by atoms with van der Waals surface area (Å²) in [7, 11) is 0. The van der Waals surface area contributed by atoms with E-state index in [4.69, 9.17) is 0 Å². The Bertz CT molecular complexity index is 1360. The minimum Gasteiger partial charge on any atom is -0.373 e. The van der Waals surface area contributed by atoms with E-state index in [0.29, 0.717) is 23.9 Å². The van der Waals surface area contributed by atoms with Gasteiger partial charge in [-0.1, -0.05) is 29.4 Å². The summed E-state index contributed by atoms with van der Waals surface area (Å²) in [6.07, 6.45) is -2.46. The van der Waals surface area contributed by atoms with Crippen molar-refractivity contribution < 1.29 is 27.6 Å². The van der Waals surface area contributed by atoms with Gasteiger partial charge in [-0.25, -0.2) is 4.79 Å². The summed E-state index contributed by atoms with van der Waals surface area (Å²) >= 11 is 0. The van der Waals surface area contributed by atoms with Crippen LogP contribution in [-0.4, -0.2) is 27.9 Å². The maximum Gasteiger partial charge on any atom is 0.426 e. The fourth-order valence-electron chi connectivity index (χ4n) is 5.65. The molecule has 0 bridgehead atoms. The Morgan fingerprint density at radius 2 is 1.94 bits per heavy atom. The highest BCUT2D eigenvalue weighted by molar-refractivity contribution is 6.00. The van der Waals surface area contributed by atoms with Gasteiger partial charge in [0.2, 0.25) is 5.60 Å². The van der Waals surface area contributed by atoms with E-state index in [9.17, 15) is 27.9 Å². The van der Waals surface area contributed by atoms with Crippen molar-refractivity contribution in [1.82, 2.24) is 5.16 Å². The molecule has 1 amide bonds. The van der Waals surface area contributed by atoms with Gasteiger partial charge in [0.05, 0.1) is 11.1 Å². The van der Waals surface area contributed by atoms with Crippen LogP contribution in [0.4, 0.5) is 18.9 Å². The van der Waals surface area contributed by atoms with E-state index in [1.807, 2.05) is 18.2 Å². The molecule has 9 heteroatoms. The van der Waals surface area contributed by atoms with Gasteiger partial charge in [0.1, 0.15) is 0 Å². The molecule has 2 aliphatic rings. The number of nitrogens with one attached hydrogen (secondary N) is 1. The molecule has 6 nitrogen and oxygen atoms in total. The number of rotatable bonds is 5. The zero-order valence-electron chi connectivity index (χ0n) is 19.1. The summed E-state index contributed by atoms with van der Waals surface area (Å²) in [6.45, 7) is 1.57. The first-order valence-corrected chi connectivity index (χ1v) is 11.6. The molecule has 2 atom stereocenters. The number of aryl methyl sites for hydroxylation is 2. The third-order valence-corrected chi connectivity index (χ3v) is 7.55. The molecule has 0 radical (unpaired) electrons. The molecule has 2 aromatic carbocycles. The lowest BCUT2D eigenvalue weighted by molar-refractivity contribution is -0.256. The maximum absolute atomic E-state index is 14.4. The van der Waals surface area contributed by atoms with Crippen molar-refractivity contribution in [3.05, 3.63) is 69.7 Å². The largest absolute Gasteiger partial charge is 0.426 e. The van der Waals surface area contributed by atoms with Gasteiger partial charge in [0.25, 0.3) is 5.91 Å². The van der Waals surface area contributed by atoms with Gasteiger partial charge in [-0.15, -0.1) is 0 Å². The molecule has 2 unspecified atom stereocenters. The van der Waals surface area contributed by atoms with Crippen LogP contribution in [0.1, 0.15) is 48.9 Å². The minimum atomic E-state index is -5.19. The first kappa shape index (κ1) is 23.5. The number of hydrogen-bond acceptors (Lipinski definition) is 5. The number of carbonyl (C=O) groups excluding carboxylic acids is 1. The second kappa shape index (κ2) is 8.19. The topological polar surface area (TPSA) is 92.4 Å². The first-order chi connectivity index (χ1) is 16.5. The number of hydrogen-bond donors (Lipinski definition) is 2. The molecule has 1 aromatic heterocycles. The van der Waals surface area contributed by atoms with Crippen LogP contribution < -0.4 is 10.9 Å². The molecule has 0 spiro atoms. The molecular formula is C26H25F3N2O4. The standard InChI is InChI=1S/C26H25F3N2O4/c1-15-20-13-18(10-11-19(20)22(32)35-31-15)30-23(33)25(34,26(27,28)29)14-24(17-8-9-17)12-4-6-16-5-2-3-7-21(16)24/h2-3,5,7,10-11,13,17,34H,4,6,8-9,12,14H2,1H3,(H,30,33). The van der Waals surface area contributed by atoms with Crippen LogP contribution >= 0.6 is 0 Å². The van der Waals surface area contributed by atoms with Gasteiger partial charge in [0.15, 0.2) is 0 Å². The highest BCUT2D eigenvalue weighted by Crippen LogP contribution is 2.58. The third kappa shape index (κ3) is 3.91. The lowest BCUT2D eigenvalue weighted by Crippen LogP contribution is -2.59. The van der Waals surface area contributed by atoms with Gasteiger partial charge in [-0.2, -0.15) is 13.2 Å². The summed E-state index contributed by atoms with van der Waals surface area (Å²) in [4.78, 5) is 25.0. The van der Waals surface area contributed by atoms with Gasteiger partial charge >= 0.3 is 11.8 Å². The third-order valence-electron chi connectivity index (χ3n) is 7.55. The Labute approximate surface area is 199 Å². The lowest BCUT2D eigenvalue weighted by Gasteiger charge is -2.44. The first-order valence-electron chi connectivity index (χ1n) is 11.6. The SMILES string of the molecule is Cc1noc(=O)c2ccc(NC(=O)C(O)(CC3(C4CC4)CCCc4ccccc43)C(F)(F)F)cc12. The van der Waals surface area contributed by atoms with Gasteiger partial charge in [-0.3, -0.25) is 4.79 Å². The molecule has 5 rings (SSSR count). The van der Waals surface area contributed by atoms with Crippen LogP contribution in [0.25, 0.3) is 10.8 Å². The molecule has 1 fully saturated rings. The molecule has 1 saturated carbocycles. The van der Waals surface area contributed by atoms with Crippen molar-refractivity contribution in [2.75, 3.05) is 5.32 Å². The number of halogens is 3. The minimum absolute atomic E-state index is 0.0146. The van der Waals surface area contributed by atoms with Crippen LogP contribution in [0.2, 0.25) is 0 Å². The Kier molecular flexibility index (Phi) is 5.51. The molecule has 1 heterocycles. The van der Waals surface area contributed by atoms with E-state index in [0.717, 1.165) is 30.4 Å². The number of aliphatic hydroxyl groups is 1. The number of anilines is 1. The van der Waals surface area contributed by atoms with Crippen molar-refractivity contribution in [2.24, 2.45) is 5.92 Å². The predicted octanol–water partition coefficient (Wildman–Crippen LogP) is 4.80. The molecule has 3 aromatic rings. The molecule has 0 aliphatic heterocycles. The van der Waals surface area contributed by atoms with Crippen LogP contribution in [0, 0.1) is 12.8 Å². The Hall–Kier alpha value is -3.20. The number of amides is 1. The molecular weight excluding hydrogens is 461 g/mol. The number of fused-ring (bicyclic) bond motifs is 2. The van der Waals surface area contributed by atoms with Crippen molar-refractivity contribution in [2.45, 2.75) is 62.6 Å². The van der Waals surface area contributed by atoms with Crippen molar-refractivity contribution in [3.8, 4) is 0 Å². The normalized spacial score (nSPS) is 21.9. The smallest absolute Gasteiger partial charge is 0.373 e. The van der Waals surface area contributed by atoms with Crippen LogP contribution in [0.3, 0.4) is 0 Å². The predicted molar refractivity (Wildman–Crippen MR) is 123 cm³/mol. The Morgan fingerprint density at radius 3 is 2.66 bits per heavy atom. The summed E-state index contributed by atoms with van der Waals surface area (Å²) in [5, 5.41) is 17.5. The van der Waals surface area contributed by atoms with E-state index in [2.05, 4.69) is 15.0 Å². The van der Waals surface area contributed by atoms with Crippen LogP contribution in [0.5, 0.6) is 0 Å². The summed E-state index contributed by atoms with van der Waals surface area (Å²) in [5.74, 6) is -1.56. The number of aromatic nitrogens is 1. The Balaban J connectivity index is 1.53. The fourth-order valence-corrected chi connectivity index (χ4v) is 5.65. The highest BCUT2D eigenvalue weighted by atomic mass is 19.4. The van der Waals surface area contributed by atoms with Gasteiger partial charge in [0, 0.05) is 22.9 Å². The molecule has 2 aliphatic carbocycles.